The smallest absolute Gasteiger partial charge is 0.410 e. The maximum absolute atomic E-state index is 12.8. The van der Waals surface area contributed by atoms with Gasteiger partial charge in [0.15, 0.2) is 0 Å². The number of hydrogen-bond acceptors (Lipinski definition) is 3. The van der Waals surface area contributed by atoms with E-state index in [1.165, 1.54) is 17.0 Å². The number of ether oxygens (including phenoxy) is 1. The van der Waals surface area contributed by atoms with Crippen molar-refractivity contribution in [2.75, 3.05) is 13.1 Å². The van der Waals surface area contributed by atoms with Crippen LogP contribution in [0.4, 0.5) is 13.6 Å². The van der Waals surface area contributed by atoms with Gasteiger partial charge in [-0.2, -0.15) is 0 Å². The highest BCUT2D eigenvalue weighted by molar-refractivity contribution is 5.69. The van der Waals surface area contributed by atoms with Crippen molar-refractivity contribution in [2.45, 2.75) is 44.8 Å². The van der Waals surface area contributed by atoms with Gasteiger partial charge in [0.1, 0.15) is 5.60 Å². The molecule has 1 aliphatic heterocycles. The van der Waals surface area contributed by atoms with Crippen molar-refractivity contribution in [3.63, 3.8) is 0 Å². The highest BCUT2D eigenvalue weighted by atomic mass is 19.3. The third kappa shape index (κ3) is 3.94. The Balaban J connectivity index is 2.11. The number of likely N-dealkylation sites (tertiary alicyclic amines) is 1. The van der Waals surface area contributed by atoms with E-state index >= 15 is 0 Å². The number of hydrogen-bond donors (Lipinski definition) is 1. The van der Waals surface area contributed by atoms with Gasteiger partial charge in [-0.05, 0) is 32.4 Å². The fourth-order valence-electron chi connectivity index (χ4n) is 2.58. The third-order valence-electron chi connectivity index (χ3n) is 3.61. The van der Waals surface area contributed by atoms with Crippen molar-refractivity contribution in [1.29, 1.82) is 0 Å². The number of carbonyl (C=O) groups is 1. The Kier molecular flexibility index (Phi) is 4.70. The van der Waals surface area contributed by atoms with Crippen LogP contribution in [0.1, 0.15) is 44.2 Å². The van der Waals surface area contributed by atoms with Crippen LogP contribution in [0.15, 0.2) is 24.3 Å². The van der Waals surface area contributed by atoms with E-state index in [2.05, 4.69) is 0 Å². The lowest BCUT2D eigenvalue weighted by molar-refractivity contribution is 0.0290. The van der Waals surface area contributed by atoms with Crippen molar-refractivity contribution in [2.24, 2.45) is 5.73 Å². The Labute approximate surface area is 129 Å². The number of nitrogens with two attached hydrogens (primary N) is 1. The number of alkyl halides is 2. The molecule has 0 bridgehead atoms. The summed E-state index contributed by atoms with van der Waals surface area (Å²) in [6.07, 6.45) is -2.94. The largest absolute Gasteiger partial charge is 0.444 e. The van der Waals surface area contributed by atoms with Gasteiger partial charge in [0.2, 0.25) is 0 Å². The molecule has 2 atom stereocenters. The van der Waals surface area contributed by atoms with Gasteiger partial charge in [-0.15, -0.1) is 0 Å². The number of benzene rings is 1. The molecule has 1 aromatic rings. The molecule has 0 radical (unpaired) electrons. The number of rotatable bonds is 2. The molecule has 2 N–H and O–H groups in total. The van der Waals surface area contributed by atoms with Crippen LogP contribution in [0.5, 0.6) is 0 Å². The summed E-state index contributed by atoms with van der Waals surface area (Å²) in [4.78, 5) is 13.6. The summed E-state index contributed by atoms with van der Waals surface area (Å²) in [5.41, 5.74) is 6.22. The van der Waals surface area contributed by atoms with Crippen LogP contribution < -0.4 is 5.73 Å². The molecule has 0 saturated carbocycles. The summed E-state index contributed by atoms with van der Waals surface area (Å²) >= 11 is 0. The van der Waals surface area contributed by atoms with Crippen molar-refractivity contribution in [3.8, 4) is 0 Å². The van der Waals surface area contributed by atoms with E-state index < -0.39 is 18.1 Å². The molecular formula is C16H22F2N2O2. The van der Waals surface area contributed by atoms with Crippen LogP contribution in [0.2, 0.25) is 0 Å². The van der Waals surface area contributed by atoms with Crippen LogP contribution in [0, 0.1) is 0 Å². The first kappa shape index (κ1) is 16.7. The number of halogens is 2. The first-order valence-electron chi connectivity index (χ1n) is 7.29. The quantitative estimate of drug-likeness (QED) is 0.911. The van der Waals surface area contributed by atoms with E-state index in [-0.39, 0.29) is 17.5 Å². The van der Waals surface area contributed by atoms with E-state index in [0.29, 0.717) is 13.1 Å². The Morgan fingerprint density at radius 1 is 1.36 bits per heavy atom. The summed E-state index contributed by atoms with van der Waals surface area (Å²) in [5, 5.41) is 0. The topological polar surface area (TPSA) is 55.6 Å². The van der Waals surface area contributed by atoms with E-state index in [1.54, 1.807) is 32.9 Å². The second-order valence-electron chi connectivity index (χ2n) is 6.63. The minimum atomic E-state index is -2.51. The molecule has 4 nitrogen and oxygen atoms in total. The molecule has 6 heteroatoms. The normalized spacial score (nSPS) is 22.2. The molecule has 1 amide bonds. The molecule has 0 spiro atoms. The van der Waals surface area contributed by atoms with Gasteiger partial charge in [-0.25, -0.2) is 13.6 Å². The minimum absolute atomic E-state index is 0.0274. The standard InChI is InChI=1S/C16H22F2N2O2/c1-16(2,3)22-15(21)20-8-12(13(19)9-20)10-5-4-6-11(7-10)14(17)18/h4-7,12-14H,8-9,19H2,1-3H3/t12-,13+/m1/s1. The van der Waals surface area contributed by atoms with Crippen LogP contribution in [-0.4, -0.2) is 35.7 Å². The number of nitrogens with zero attached hydrogens (tertiary/aromatic N) is 1. The van der Waals surface area contributed by atoms with Crippen LogP contribution >= 0.6 is 0 Å². The monoisotopic (exact) mass is 312 g/mol. The van der Waals surface area contributed by atoms with Crippen molar-refractivity contribution in [1.82, 2.24) is 4.90 Å². The Bertz CT molecular complexity index is 543. The highest BCUT2D eigenvalue weighted by Crippen LogP contribution is 2.30. The Morgan fingerprint density at radius 2 is 2.05 bits per heavy atom. The lowest BCUT2D eigenvalue weighted by Crippen LogP contribution is -2.36. The Morgan fingerprint density at radius 3 is 2.64 bits per heavy atom. The fourth-order valence-corrected chi connectivity index (χ4v) is 2.58. The molecule has 1 saturated heterocycles. The van der Waals surface area contributed by atoms with E-state index in [0.717, 1.165) is 5.56 Å². The SMILES string of the molecule is CC(C)(C)OC(=O)N1C[C@H](c2cccc(C(F)F)c2)[C@@H](N)C1. The van der Waals surface area contributed by atoms with Gasteiger partial charge in [0.25, 0.3) is 6.43 Å². The molecule has 0 unspecified atom stereocenters. The zero-order valence-electron chi connectivity index (χ0n) is 13.1. The summed E-state index contributed by atoms with van der Waals surface area (Å²) in [5.74, 6) is -0.161. The highest BCUT2D eigenvalue weighted by Gasteiger charge is 2.36. The van der Waals surface area contributed by atoms with Crippen molar-refractivity contribution in [3.05, 3.63) is 35.4 Å². The zero-order valence-corrected chi connectivity index (χ0v) is 13.1. The predicted octanol–water partition coefficient (Wildman–Crippen LogP) is 3.29. The lowest BCUT2D eigenvalue weighted by Gasteiger charge is -2.24. The molecular weight excluding hydrogens is 290 g/mol. The average Bonchev–Trinajstić information content (AvgIpc) is 2.79. The number of amides is 1. The molecule has 1 heterocycles. The molecule has 1 aromatic carbocycles. The average molecular weight is 312 g/mol. The molecule has 122 valence electrons. The van der Waals surface area contributed by atoms with Gasteiger partial charge < -0.3 is 15.4 Å². The first-order chi connectivity index (χ1) is 10.2. The van der Waals surface area contributed by atoms with E-state index in [4.69, 9.17) is 10.5 Å². The molecule has 1 aliphatic rings. The summed E-state index contributed by atoms with van der Waals surface area (Å²) < 4.78 is 30.9. The van der Waals surface area contributed by atoms with Gasteiger partial charge in [-0.3, -0.25) is 0 Å². The van der Waals surface area contributed by atoms with Crippen LogP contribution in [-0.2, 0) is 4.74 Å². The fraction of sp³-hybridized carbons (Fsp3) is 0.562. The second-order valence-corrected chi connectivity index (χ2v) is 6.63. The van der Waals surface area contributed by atoms with Gasteiger partial charge in [-0.1, -0.05) is 18.2 Å². The predicted molar refractivity (Wildman–Crippen MR) is 79.9 cm³/mol. The first-order valence-corrected chi connectivity index (χ1v) is 7.29. The van der Waals surface area contributed by atoms with Crippen LogP contribution in [0.3, 0.4) is 0 Å². The molecule has 1 fully saturated rings. The van der Waals surface area contributed by atoms with Gasteiger partial charge in [0.05, 0.1) is 0 Å². The van der Waals surface area contributed by atoms with Gasteiger partial charge >= 0.3 is 6.09 Å². The summed E-state index contributed by atoms with van der Waals surface area (Å²) in [6, 6.07) is 5.93. The Hall–Kier alpha value is -1.69. The zero-order chi connectivity index (χ0) is 16.5. The van der Waals surface area contributed by atoms with Crippen LogP contribution in [0.25, 0.3) is 0 Å². The van der Waals surface area contributed by atoms with E-state index in [1.807, 2.05) is 0 Å². The molecule has 2 rings (SSSR count). The molecule has 0 aromatic heterocycles. The molecule has 0 aliphatic carbocycles. The second kappa shape index (κ2) is 6.20. The lowest BCUT2D eigenvalue weighted by atomic mass is 9.93. The summed E-state index contributed by atoms with van der Waals surface area (Å²) in [6.45, 7) is 6.13. The summed E-state index contributed by atoms with van der Waals surface area (Å²) in [7, 11) is 0. The van der Waals surface area contributed by atoms with Gasteiger partial charge in [0, 0.05) is 30.6 Å². The van der Waals surface area contributed by atoms with E-state index in [9.17, 15) is 13.6 Å². The van der Waals surface area contributed by atoms with Crippen molar-refractivity contribution < 1.29 is 18.3 Å². The third-order valence-corrected chi connectivity index (χ3v) is 3.61. The number of carbonyl (C=O) groups excluding carboxylic acids is 1. The maximum atomic E-state index is 12.8. The van der Waals surface area contributed by atoms with Crippen molar-refractivity contribution >= 4 is 6.09 Å². The minimum Gasteiger partial charge on any atom is -0.444 e. The molecule has 22 heavy (non-hydrogen) atoms. The maximum Gasteiger partial charge on any atom is 0.410 e.